The molecule has 0 aliphatic rings. The van der Waals surface area contributed by atoms with Gasteiger partial charge in [0.25, 0.3) is 5.95 Å². The third kappa shape index (κ3) is 4.61. The number of benzene rings is 1. The molecule has 29 heavy (non-hydrogen) atoms. The van der Waals surface area contributed by atoms with Crippen LogP contribution in [0, 0.1) is 0 Å². The van der Waals surface area contributed by atoms with Crippen molar-refractivity contribution in [2.45, 2.75) is 6.92 Å². The number of carbonyl (C=O) groups excluding carboxylic acids is 2. The van der Waals surface area contributed by atoms with Crippen LogP contribution < -0.4 is 9.47 Å². The minimum Gasteiger partial charge on any atom is -0.476 e. The zero-order chi connectivity index (χ0) is 20.8. The standard InChI is InChI=1S/C17H17N7O5/c1-4-28-14-12-13(19-9-18-12)20-16(21-14)22-23-24(2)17(26)29-11-7-5-10(6-8-11)15(25)27-3/h5-9H,4H2,1-3H3,(H,18,19,20,21). The zero-order valence-electron chi connectivity index (χ0n) is 15.8. The Balaban J connectivity index is 1.68. The maximum atomic E-state index is 12.1. The molecular weight excluding hydrogens is 382 g/mol. The molecule has 12 heteroatoms. The van der Waals surface area contributed by atoms with Crippen LogP contribution in [-0.2, 0) is 4.74 Å². The molecule has 3 aromatic rings. The smallest absolute Gasteiger partial charge is 0.436 e. The molecule has 150 valence electrons. The van der Waals surface area contributed by atoms with Gasteiger partial charge in [-0.1, -0.05) is 10.3 Å². The van der Waals surface area contributed by atoms with E-state index >= 15 is 0 Å². The monoisotopic (exact) mass is 399 g/mol. The molecule has 0 saturated carbocycles. The number of methoxy groups -OCH3 is 1. The summed E-state index contributed by atoms with van der Waals surface area (Å²) in [6.45, 7) is 2.20. The maximum absolute atomic E-state index is 12.1. The molecule has 1 aromatic carbocycles. The highest BCUT2D eigenvalue weighted by Crippen LogP contribution is 2.22. The van der Waals surface area contributed by atoms with E-state index in [2.05, 4.69) is 35.0 Å². The molecule has 0 unspecified atom stereocenters. The Morgan fingerprint density at radius 2 is 1.97 bits per heavy atom. The molecule has 2 heterocycles. The Labute approximate surface area is 164 Å². The van der Waals surface area contributed by atoms with Gasteiger partial charge in [-0.25, -0.2) is 14.6 Å². The summed E-state index contributed by atoms with van der Waals surface area (Å²) in [6, 6.07) is 5.85. The van der Waals surface area contributed by atoms with Gasteiger partial charge in [0, 0.05) is 7.05 Å². The van der Waals surface area contributed by atoms with E-state index in [1.54, 1.807) is 0 Å². The summed E-state index contributed by atoms with van der Waals surface area (Å²) in [5.74, 6) is -0.0263. The topological polar surface area (TPSA) is 144 Å². The van der Waals surface area contributed by atoms with E-state index in [1.807, 2.05) is 6.92 Å². The predicted octanol–water partition coefficient (Wildman–Crippen LogP) is 2.67. The normalized spacial score (nSPS) is 10.9. The lowest BCUT2D eigenvalue weighted by Crippen LogP contribution is -2.24. The van der Waals surface area contributed by atoms with E-state index in [0.717, 1.165) is 5.01 Å². The Bertz CT molecular complexity index is 1050. The van der Waals surface area contributed by atoms with Gasteiger partial charge in [-0.05, 0) is 31.2 Å². The number of hydrogen-bond acceptors (Lipinski definition) is 10. The molecule has 2 aromatic heterocycles. The zero-order valence-corrected chi connectivity index (χ0v) is 15.8. The lowest BCUT2D eigenvalue weighted by molar-refractivity contribution is 0.0600. The molecule has 1 amide bonds. The van der Waals surface area contributed by atoms with Crippen LogP contribution in [0.3, 0.4) is 0 Å². The fraction of sp³-hybridized carbons (Fsp3) is 0.235. The third-order valence-electron chi connectivity index (χ3n) is 3.53. The molecule has 0 fully saturated rings. The number of carbonyl (C=O) groups is 2. The first-order valence-electron chi connectivity index (χ1n) is 8.41. The van der Waals surface area contributed by atoms with Crippen LogP contribution in [0.15, 0.2) is 40.9 Å². The quantitative estimate of drug-likeness (QED) is 0.378. The molecule has 0 saturated heterocycles. The lowest BCUT2D eigenvalue weighted by Gasteiger charge is -2.10. The number of hydrogen-bond donors (Lipinski definition) is 1. The van der Waals surface area contributed by atoms with Crippen LogP contribution in [0.1, 0.15) is 17.3 Å². The summed E-state index contributed by atoms with van der Waals surface area (Å²) >= 11 is 0. The van der Waals surface area contributed by atoms with Crippen molar-refractivity contribution in [3.63, 3.8) is 0 Å². The van der Waals surface area contributed by atoms with E-state index in [9.17, 15) is 9.59 Å². The highest BCUT2D eigenvalue weighted by atomic mass is 16.6. The Kier molecular flexibility index (Phi) is 5.92. The number of nitrogens with one attached hydrogen (secondary N) is 1. The fourth-order valence-corrected chi connectivity index (χ4v) is 2.17. The minimum absolute atomic E-state index is 0.0323. The number of aromatic nitrogens is 4. The molecule has 0 aliphatic carbocycles. The van der Waals surface area contributed by atoms with Crippen molar-refractivity contribution in [2.24, 2.45) is 10.3 Å². The number of imidazole rings is 1. The van der Waals surface area contributed by atoms with Gasteiger partial charge >= 0.3 is 12.1 Å². The van der Waals surface area contributed by atoms with Crippen molar-refractivity contribution in [3.05, 3.63) is 36.2 Å². The SMILES string of the molecule is CCOc1nc(N=NN(C)C(=O)Oc2ccc(C(=O)OC)cc2)nc2nc[nH]c12. The third-order valence-corrected chi connectivity index (χ3v) is 3.53. The highest BCUT2D eigenvalue weighted by molar-refractivity contribution is 5.89. The fourth-order valence-electron chi connectivity index (χ4n) is 2.17. The van der Waals surface area contributed by atoms with Crippen molar-refractivity contribution in [3.8, 4) is 11.6 Å². The second kappa shape index (κ2) is 8.73. The molecular formula is C17H17N7O5. The van der Waals surface area contributed by atoms with Gasteiger partial charge in [-0.3, -0.25) is 0 Å². The van der Waals surface area contributed by atoms with Gasteiger partial charge in [0.15, 0.2) is 5.65 Å². The van der Waals surface area contributed by atoms with Crippen LogP contribution in [-0.4, -0.2) is 57.8 Å². The number of amides is 1. The summed E-state index contributed by atoms with van der Waals surface area (Å²) in [4.78, 5) is 38.7. The number of rotatable bonds is 6. The molecule has 0 atom stereocenters. The maximum Gasteiger partial charge on any atom is 0.436 e. The molecule has 0 bridgehead atoms. The van der Waals surface area contributed by atoms with Crippen molar-refractivity contribution >= 4 is 29.2 Å². The van der Waals surface area contributed by atoms with Crippen molar-refractivity contribution in [1.82, 2.24) is 24.9 Å². The molecule has 0 radical (unpaired) electrons. The first-order valence-corrected chi connectivity index (χ1v) is 8.41. The first-order chi connectivity index (χ1) is 14.0. The van der Waals surface area contributed by atoms with Crippen molar-refractivity contribution in [2.75, 3.05) is 20.8 Å². The van der Waals surface area contributed by atoms with Crippen molar-refractivity contribution < 1.29 is 23.8 Å². The van der Waals surface area contributed by atoms with E-state index in [1.165, 1.54) is 44.8 Å². The van der Waals surface area contributed by atoms with Gasteiger partial charge in [-0.2, -0.15) is 15.0 Å². The first kappa shape index (κ1) is 19.7. The second-order valence-corrected chi connectivity index (χ2v) is 5.46. The van der Waals surface area contributed by atoms with Crippen LogP contribution in [0.4, 0.5) is 10.7 Å². The van der Waals surface area contributed by atoms with E-state index in [-0.39, 0.29) is 17.6 Å². The highest BCUT2D eigenvalue weighted by Gasteiger charge is 2.14. The number of aromatic amines is 1. The second-order valence-electron chi connectivity index (χ2n) is 5.46. The Hall–Kier alpha value is -4.09. The van der Waals surface area contributed by atoms with Gasteiger partial charge < -0.3 is 19.2 Å². The van der Waals surface area contributed by atoms with E-state index in [0.29, 0.717) is 23.3 Å². The Morgan fingerprint density at radius 1 is 1.21 bits per heavy atom. The molecule has 0 spiro atoms. The number of fused-ring (bicyclic) bond motifs is 1. The van der Waals surface area contributed by atoms with Crippen LogP contribution in [0.25, 0.3) is 11.2 Å². The molecule has 1 N–H and O–H groups in total. The van der Waals surface area contributed by atoms with Gasteiger partial charge in [0.2, 0.25) is 5.88 Å². The van der Waals surface area contributed by atoms with E-state index in [4.69, 9.17) is 9.47 Å². The average molecular weight is 399 g/mol. The van der Waals surface area contributed by atoms with Crippen molar-refractivity contribution in [1.29, 1.82) is 0 Å². The number of ether oxygens (including phenoxy) is 3. The molecule has 3 rings (SSSR count). The summed E-state index contributed by atoms with van der Waals surface area (Å²) in [6.07, 6.45) is 0.656. The van der Waals surface area contributed by atoms with Crippen LogP contribution in [0.2, 0.25) is 0 Å². The summed E-state index contributed by atoms with van der Waals surface area (Å²) < 4.78 is 15.2. The summed E-state index contributed by atoms with van der Waals surface area (Å²) in [5.41, 5.74) is 1.22. The Morgan fingerprint density at radius 3 is 2.66 bits per heavy atom. The number of esters is 1. The lowest BCUT2D eigenvalue weighted by atomic mass is 10.2. The summed E-state index contributed by atoms with van der Waals surface area (Å²) in [5, 5.41) is 8.42. The number of nitrogens with zero attached hydrogens (tertiary/aromatic N) is 6. The van der Waals surface area contributed by atoms with Crippen LogP contribution in [0.5, 0.6) is 11.6 Å². The molecule has 0 aliphatic heterocycles. The predicted molar refractivity (Wildman–Crippen MR) is 98.9 cm³/mol. The van der Waals surface area contributed by atoms with Gasteiger partial charge in [-0.15, -0.1) is 0 Å². The van der Waals surface area contributed by atoms with Gasteiger partial charge in [0.1, 0.15) is 11.3 Å². The summed E-state index contributed by atoms with van der Waals surface area (Å²) in [7, 11) is 2.63. The van der Waals surface area contributed by atoms with E-state index < -0.39 is 12.1 Å². The van der Waals surface area contributed by atoms with Gasteiger partial charge in [0.05, 0.1) is 25.6 Å². The molecule has 12 nitrogen and oxygen atoms in total. The minimum atomic E-state index is -0.801. The largest absolute Gasteiger partial charge is 0.476 e. The van der Waals surface area contributed by atoms with Crippen LogP contribution >= 0.6 is 0 Å². The average Bonchev–Trinajstić information content (AvgIpc) is 3.21. The number of H-pyrrole nitrogens is 1.